The van der Waals surface area contributed by atoms with Crippen LogP contribution in [0.2, 0.25) is 0 Å². The van der Waals surface area contributed by atoms with Gasteiger partial charge in [-0.05, 0) is 38.8 Å². The molecule has 1 aromatic carbocycles. The summed E-state index contributed by atoms with van der Waals surface area (Å²) >= 11 is 0. The van der Waals surface area contributed by atoms with E-state index in [0.717, 1.165) is 51.4 Å². The van der Waals surface area contributed by atoms with Crippen LogP contribution in [-0.2, 0) is 16.1 Å². The van der Waals surface area contributed by atoms with Crippen LogP contribution in [0, 0.1) is 5.92 Å². The van der Waals surface area contributed by atoms with Crippen molar-refractivity contribution in [3.8, 4) is 0 Å². The minimum absolute atomic E-state index is 0. The van der Waals surface area contributed by atoms with Gasteiger partial charge in [-0.1, -0.05) is 30.3 Å². The predicted molar refractivity (Wildman–Crippen MR) is 125 cm³/mol. The summed E-state index contributed by atoms with van der Waals surface area (Å²) in [5.41, 5.74) is 1.34. The van der Waals surface area contributed by atoms with Crippen LogP contribution < -0.4 is 5.32 Å². The number of ether oxygens (including phenoxy) is 1. The van der Waals surface area contributed by atoms with Gasteiger partial charge in [0.05, 0.1) is 13.0 Å². The average Bonchev–Trinajstić information content (AvgIpc) is 2.71. The zero-order chi connectivity index (χ0) is 19.6. The van der Waals surface area contributed by atoms with Crippen molar-refractivity contribution in [3.05, 3.63) is 35.9 Å². The number of esters is 1. The molecule has 28 heavy (non-hydrogen) atoms. The van der Waals surface area contributed by atoms with Crippen molar-refractivity contribution in [1.82, 2.24) is 15.1 Å². The topological polar surface area (TPSA) is 57.2 Å². The number of guanidine groups is 1. The zero-order valence-corrected chi connectivity index (χ0v) is 19.9. The molecule has 7 heteroatoms. The van der Waals surface area contributed by atoms with Crippen LogP contribution in [0.4, 0.5) is 0 Å². The van der Waals surface area contributed by atoms with Crippen LogP contribution in [0.25, 0.3) is 0 Å². The number of hydrogen-bond acceptors (Lipinski definition) is 4. The van der Waals surface area contributed by atoms with Crippen molar-refractivity contribution in [2.75, 3.05) is 40.8 Å². The molecule has 1 atom stereocenters. The maximum Gasteiger partial charge on any atom is 0.308 e. The summed E-state index contributed by atoms with van der Waals surface area (Å²) in [5, 5.41) is 3.48. The zero-order valence-electron chi connectivity index (χ0n) is 17.6. The molecular weight excluding hydrogens is 467 g/mol. The molecule has 158 valence electrons. The molecule has 1 unspecified atom stereocenters. The van der Waals surface area contributed by atoms with E-state index >= 15 is 0 Å². The lowest BCUT2D eigenvalue weighted by Gasteiger charge is -2.33. The quantitative estimate of drug-likeness (QED) is 0.269. The van der Waals surface area contributed by atoms with E-state index in [4.69, 9.17) is 4.74 Å². The number of methoxy groups -OCH3 is 1. The first-order chi connectivity index (χ1) is 13.0. The first-order valence-corrected chi connectivity index (χ1v) is 9.82. The molecule has 1 N–H and O–H groups in total. The number of aliphatic imine (C=N–C) groups is 1. The van der Waals surface area contributed by atoms with E-state index in [0.29, 0.717) is 6.04 Å². The number of nitrogens with one attached hydrogen (secondary N) is 1. The van der Waals surface area contributed by atoms with Crippen LogP contribution in [0.3, 0.4) is 0 Å². The molecule has 2 rings (SSSR count). The molecular formula is C21H35IN4O2. The summed E-state index contributed by atoms with van der Waals surface area (Å²) in [6, 6.07) is 11.0. The van der Waals surface area contributed by atoms with Crippen LogP contribution in [0.5, 0.6) is 0 Å². The Balaban J connectivity index is 0.00000392. The molecule has 1 aromatic rings. The number of hydrogen-bond donors (Lipinski definition) is 1. The summed E-state index contributed by atoms with van der Waals surface area (Å²) in [5.74, 6) is 0.861. The van der Waals surface area contributed by atoms with Gasteiger partial charge in [-0.25, -0.2) is 0 Å². The lowest BCUT2D eigenvalue weighted by Crippen LogP contribution is -2.47. The molecule has 0 saturated carbocycles. The molecule has 1 fully saturated rings. The summed E-state index contributed by atoms with van der Waals surface area (Å²) in [6.45, 7) is 5.77. The van der Waals surface area contributed by atoms with Crippen molar-refractivity contribution in [2.45, 2.75) is 38.8 Å². The number of likely N-dealkylation sites (tertiary alicyclic amines) is 1. The largest absolute Gasteiger partial charge is 0.469 e. The fourth-order valence-corrected chi connectivity index (χ4v) is 3.47. The Morgan fingerprint density at radius 3 is 2.54 bits per heavy atom. The molecule has 0 amide bonds. The predicted octanol–water partition coefficient (Wildman–Crippen LogP) is 2.98. The van der Waals surface area contributed by atoms with Gasteiger partial charge in [-0.3, -0.25) is 14.7 Å². The van der Waals surface area contributed by atoms with Gasteiger partial charge in [0.15, 0.2) is 5.96 Å². The van der Waals surface area contributed by atoms with Gasteiger partial charge >= 0.3 is 5.97 Å². The highest BCUT2D eigenvalue weighted by atomic mass is 127. The minimum Gasteiger partial charge on any atom is -0.469 e. The SMILES string of the molecule is CN=C(NCCC(C)N(C)Cc1ccccc1)N1CCC(C(=O)OC)CC1.I. The molecule has 1 saturated heterocycles. The van der Waals surface area contributed by atoms with Gasteiger partial charge in [0, 0.05) is 39.3 Å². The van der Waals surface area contributed by atoms with E-state index in [9.17, 15) is 4.79 Å². The highest BCUT2D eigenvalue weighted by Crippen LogP contribution is 2.18. The lowest BCUT2D eigenvalue weighted by molar-refractivity contribution is -0.146. The molecule has 1 aliphatic heterocycles. The number of piperidine rings is 1. The fourth-order valence-electron chi connectivity index (χ4n) is 3.47. The number of carbonyl (C=O) groups excluding carboxylic acids is 1. The second-order valence-electron chi connectivity index (χ2n) is 7.30. The molecule has 0 aliphatic carbocycles. The third-order valence-corrected chi connectivity index (χ3v) is 5.41. The third-order valence-electron chi connectivity index (χ3n) is 5.41. The standard InChI is InChI=1S/C21H34N4O2.HI/c1-17(24(3)16-18-8-6-5-7-9-18)10-13-23-21(22-2)25-14-11-19(12-15-25)20(26)27-4;/h5-9,17,19H,10-16H2,1-4H3,(H,22,23);1H. The van der Waals surface area contributed by atoms with E-state index in [-0.39, 0.29) is 35.9 Å². The van der Waals surface area contributed by atoms with E-state index in [1.54, 1.807) is 0 Å². The van der Waals surface area contributed by atoms with Crippen LogP contribution in [0.1, 0.15) is 31.7 Å². The Hall–Kier alpha value is -1.35. The maximum atomic E-state index is 11.7. The van der Waals surface area contributed by atoms with E-state index < -0.39 is 0 Å². The van der Waals surface area contributed by atoms with Crippen LogP contribution >= 0.6 is 24.0 Å². The van der Waals surface area contributed by atoms with Gasteiger partial charge in [0.25, 0.3) is 0 Å². The Morgan fingerprint density at radius 2 is 1.96 bits per heavy atom. The number of nitrogens with zero attached hydrogens (tertiary/aromatic N) is 3. The first-order valence-electron chi connectivity index (χ1n) is 9.82. The van der Waals surface area contributed by atoms with Gasteiger partial charge in [-0.2, -0.15) is 0 Å². The highest BCUT2D eigenvalue weighted by Gasteiger charge is 2.26. The van der Waals surface area contributed by atoms with Crippen molar-refractivity contribution in [3.63, 3.8) is 0 Å². The molecule has 1 heterocycles. The Morgan fingerprint density at radius 1 is 1.32 bits per heavy atom. The molecule has 6 nitrogen and oxygen atoms in total. The van der Waals surface area contributed by atoms with Crippen molar-refractivity contribution in [2.24, 2.45) is 10.9 Å². The Labute approximate surface area is 186 Å². The molecule has 0 radical (unpaired) electrons. The normalized spacial score (nSPS) is 16.5. The van der Waals surface area contributed by atoms with Gasteiger partial charge in [-0.15, -0.1) is 24.0 Å². The number of benzene rings is 1. The Bertz CT molecular complexity index is 604. The Kier molecular flexibility index (Phi) is 11.4. The molecule has 0 bridgehead atoms. The smallest absolute Gasteiger partial charge is 0.308 e. The fraction of sp³-hybridized carbons (Fsp3) is 0.619. The van der Waals surface area contributed by atoms with Crippen molar-refractivity contribution >= 4 is 35.9 Å². The summed E-state index contributed by atoms with van der Waals surface area (Å²) < 4.78 is 4.86. The monoisotopic (exact) mass is 502 g/mol. The second kappa shape index (κ2) is 13.0. The summed E-state index contributed by atoms with van der Waals surface area (Å²) in [6.07, 6.45) is 2.69. The first kappa shape index (κ1) is 24.7. The van der Waals surface area contributed by atoms with Crippen LogP contribution in [0.15, 0.2) is 35.3 Å². The molecule has 0 spiro atoms. The maximum absolute atomic E-state index is 11.7. The van der Waals surface area contributed by atoms with E-state index in [1.807, 2.05) is 7.05 Å². The average molecular weight is 502 g/mol. The summed E-state index contributed by atoms with van der Waals surface area (Å²) in [4.78, 5) is 20.7. The van der Waals surface area contributed by atoms with Crippen molar-refractivity contribution < 1.29 is 9.53 Å². The lowest BCUT2D eigenvalue weighted by atomic mass is 9.97. The summed E-state index contributed by atoms with van der Waals surface area (Å²) in [7, 11) is 5.45. The van der Waals surface area contributed by atoms with Gasteiger partial charge < -0.3 is 15.0 Å². The second-order valence-corrected chi connectivity index (χ2v) is 7.30. The third kappa shape index (κ3) is 7.58. The van der Waals surface area contributed by atoms with Gasteiger partial charge in [0.1, 0.15) is 0 Å². The number of carbonyl (C=O) groups is 1. The molecule has 0 aromatic heterocycles. The number of rotatable bonds is 7. The van der Waals surface area contributed by atoms with E-state index in [2.05, 4.69) is 64.4 Å². The minimum atomic E-state index is -0.0899. The van der Waals surface area contributed by atoms with Crippen LogP contribution in [-0.4, -0.2) is 68.6 Å². The van der Waals surface area contributed by atoms with Crippen molar-refractivity contribution in [1.29, 1.82) is 0 Å². The molecule has 1 aliphatic rings. The number of halogens is 1. The highest BCUT2D eigenvalue weighted by molar-refractivity contribution is 14.0. The van der Waals surface area contributed by atoms with Gasteiger partial charge in [0.2, 0.25) is 0 Å². The van der Waals surface area contributed by atoms with E-state index in [1.165, 1.54) is 12.7 Å².